The second kappa shape index (κ2) is 4.86. The van der Waals surface area contributed by atoms with E-state index in [-0.39, 0.29) is 6.03 Å². The predicted octanol–water partition coefficient (Wildman–Crippen LogP) is 2.47. The summed E-state index contributed by atoms with van der Waals surface area (Å²) in [7, 11) is 1.98. The third-order valence-corrected chi connectivity index (χ3v) is 3.80. The van der Waals surface area contributed by atoms with Crippen molar-refractivity contribution >= 4 is 6.03 Å². The molecule has 1 aliphatic heterocycles. The molecule has 0 radical (unpaired) electrons. The molecule has 0 aromatic rings. The number of carbonyl (C=O) groups excluding carboxylic acids is 1. The van der Waals surface area contributed by atoms with Crippen LogP contribution in [0.1, 0.15) is 44.9 Å². The molecule has 0 aromatic heterocycles. The van der Waals surface area contributed by atoms with Crippen molar-refractivity contribution in [3.8, 4) is 0 Å². The molecular weight excluding hydrogens is 188 g/mol. The number of hydrogen-bond acceptors (Lipinski definition) is 1. The minimum Gasteiger partial charge on any atom is -0.325 e. The second-order valence-corrected chi connectivity index (χ2v) is 4.88. The van der Waals surface area contributed by atoms with E-state index in [9.17, 15) is 4.79 Å². The van der Waals surface area contributed by atoms with Crippen molar-refractivity contribution in [2.75, 3.05) is 20.1 Å². The third-order valence-electron chi connectivity index (χ3n) is 3.80. The number of hydrogen-bond donors (Lipinski definition) is 0. The molecule has 15 heavy (non-hydrogen) atoms. The quantitative estimate of drug-likeness (QED) is 0.652. The lowest BCUT2D eigenvalue weighted by atomic mass is 9.95. The molecule has 3 heteroatoms. The molecule has 0 aromatic carbocycles. The monoisotopic (exact) mass is 210 g/mol. The maximum atomic E-state index is 12.1. The fourth-order valence-electron chi connectivity index (χ4n) is 2.76. The van der Waals surface area contributed by atoms with Crippen molar-refractivity contribution in [2.24, 2.45) is 0 Å². The summed E-state index contributed by atoms with van der Waals surface area (Å²) in [6, 6.07) is 0.770. The second-order valence-electron chi connectivity index (χ2n) is 4.88. The highest BCUT2D eigenvalue weighted by molar-refractivity contribution is 5.74. The van der Waals surface area contributed by atoms with Gasteiger partial charge in [-0.3, -0.25) is 0 Å². The van der Waals surface area contributed by atoms with Crippen LogP contribution in [0.3, 0.4) is 0 Å². The lowest BCUT2D eigenvalue weighted by molar-refractivity contribution is 0.142. The van der Waals surface area contributed by atoms with Crippen LogP contribution < -0.4 is 0 Å². The molecule has 1 aliphatic carbocycles. The van der Waals surface area contributed by atoms with Crippen molar-refractivity contribution in [1.29, 1.82) is 0 Å². The zero-order chi connectivity index (χ0) is 10.7. The largest absolute Gasteiger partial charge is 0.325 e. The van der Waals surface area contributed by atoms with E-state index in [0.29, 0.717) is 6.04 Å². The van der Waals surface area contributed by atoms with Gasteiger partial charge in [-0.15, -0.1) is 0 Å². The molecule has 86 valence electrons. The normalized spacial score (nSPS) is 23.1. The summed E-state index contributed by atoms with van der Waals surface area (Å²) in [6.45, 7) is 1.94. The van der Waals surface area contributed by atoms with E-state index in [0.717, 1.165) is 13.1 Å². The van der Waals surface area contributed by atoms with Crippen LogP contribution >= 0.6 is 0 Å². The van der Waals surface area contributed by atoms with Gasteiger partial charge in [0.15, 0.2) is 0 Å². The maximum absolute atomic E-state index is 12.1. The summed E-state index contributed by atoms with van der Waals surface area (Å²) < 4.78 is 0. The zero-order valence-corrected chi connectivity index (χ0v) is 9.74. The van der Waals surface area contributed by atoms with Crippen LogP contribution in [0.25, 0.3) is 0 Å². The summed E-state index contributed by atoms with van der Waals surface area (Å²) in [5.41, 5.74) is 0. The molecule has 2 amide bonds. The van der Waals surface area contributed by atoms with Gasteiger partial charge in [-0.1, -0.05) is 19.3 Å². The van der Waals surface area contributed by atoms with Crippen LogP contribution in [0.5, 0.6) is 0 Å². The van der Waals surface area contributed by atoms with Crippen LogP contribution in [0.2, 0.25) is 0 Å². The van der Waals surface area contributed by atoms with Crippen LogP contribution in [0.15, 0.2) is 0 Å². The molecule has 3 nitrogen and oxygen atoms in total. The molecule has 0 spiro atoms. The number of nitrogens with zero attached hydrogens (tertiary/aromatic N) is 2. The minimum absolute atomic E-state index is 0.263. The number of urea groups is 1. The molecule has 1 saturated carbocycles. The van der Waals surface area contributed by atoms with Crippen LogP contribution in [-0.4, -0.2) is 42.0 Å². The highest BCUT2D eigenvalue weighted by atomic mass is 16.2. The van der Waals surface area contributed by atoms with Gasteiger partial charge < -0.3 is 9.80 Å². The van der Waals surface area contributed by atoms with Gasteiger partial charge in [-0.05, 0) is 25.7 Å². The molecular formula is C12H22N2O. The maximum Gasteiger partial charge on any atom is 0.319 e. The molecule has 0 bridgehead atoms. The van der Waals surface area contributed by atoms with E-state index in [2.05, 4.69) is 0 Å². The zero-order valence-electron chi connectivity index (χ0n) is 9.74. The van der Waals surface area contributed by atoms with Crippen LogP contribution in [0.4, 0.5) is 4.79 Å². The van der Waals surface area contributed by atoms with Crippen molar-refractivity contribution < 1.29 is 4.79 Å². The first-order valence-electron chi connectivity index (χ1n) is 6.31. The fraction of sp³-hybridized carbons (Fsp3) is 0.917. The van der Waals surface area contributed by atoms with Crippen LogP contribution in [0, 0.1) is 0 Å². The first-order chi connectivity index (χ1) is 7.29. The molecule has 2 rings (SSSR count). The summed E-state index contributed by atoms with van der Waals surface area (Å²) >= 11 is 0. The topological polar surface area (TPSA) is 23.6 Å². The minimum atomic E-state index is 0.263. The Kier molecular flexibility index (Phi) is 3.49. The van der Waals surface area contributed by atoms with E-state index in [1.54, 1.807) is 0 Å². The van der Waals surface area contributed by atoms with Gasteiger partial charge in [0.05, 0.1) is 0 Å². The Bertz CT molecular complexity index is 218. The molecule has 2 fully saturated rings. The van der Waals surface area contributed by atoms with Gasteiger partial charge in [0.1, 0.15) is 0 Å². The molecule has 2 aliphatic rings. The van der Waals surface area contributed by atoms with E-state index >= 15 is 0 Å². The van der Waals surface area contributed by atoms with E-state index < -0.39 is 0 Å². The average molecular weight is 210 g/mol. The Labute approximate surface area is 92.4 Å². The van der Waals surface area contributed by atoms with Gasteiger partial charge >= 0.3 is 6.03 Å². The van der Waals surface area contributed by atoms with Gasteiger partial charge in [-0.2, -0.15) is 0 Å². The molecule has 0 unspecified atom stereocenters. The lowest BCUT2D eigenvalue weighted by Gasteiger charge is -2.33. The first kappa shape index (κ1) is 10.8. The number of carbonyl (C=O) groups is 1. The van der Waals surface area contributed by atoms with Gasteiger partial charge in [0.2, 0.25) is 0 Å². The van der Waals surface area contributed by atoms with E-state index in [1.807, 2.05) is 16.8 Å². The Hall–Kier alpha value is -0.730. The Morgan fingerprint density at radius 1 is 1.07 bits per heavy atom. The van der Waals surface area contributed by atoms with Crippen molar-refractivity contribution in [1.82, 2.24) is 9.80 Å². The Morgan fingerprint density at radius 2 is 1.67 bits per heavy atom. The summed E-state index contributed by atoms with van der Waals surface area (Å²) in [6.07, 6.45) is 8.72. The molecule has 1 saturated heterocycles. The fourth-order valence-corrected chi connectivity index (χ4v) is 2.76. The SMILES string of the molecule is CN(C(=O)N1CCCC1)C1CCCCC1. The summed E-state index contributed by atoms with van der Waals surface area (Å²) in [5, 5.41) is 0. The standard InChI is InChI=1S/C12H22N2O/c1-13(11-7-3-2-4-8-11)12(15)14-9-5-6-10-14/h11H,2-10H2,1H3. The van der Waals surface area contributed by atoms with Gasteiger partial charge in [0, 0.05) is 26.2 Å². The van der Waals surface area contributed by atoms with Crippen molar-refractivity contribution in [3.63, 3.8) is 0 Å². The predicted molar refractivity (Wildman–Crippen MR) is 60.8 cm³/mol. The van der Waals surface area contributed by atoms with E-state index in [4.69, 9.17) is 0 Å². The summed E-state index contributed by atoms with van der Waals surface area (Å²) in [5.74, 6) is 0. The van der Waals surface area contributed by atoms with E-state index in [1.165, 1.54) is 44.9 Å². The smallest absolute Gasteiger partial charge is 0.319 e. The molecule has 0 atom stereocenters. The highest BCUT2D eigenvalue weighted by Crippen LogP contribution is 2.23. The lowest BCUT2D eigenvalue weighted by Crippen LogP contribution is -2.45. The molecule has 0 N–H and O–H groups in total. The molecule has 1 heterocycles. The number of amides is 2. The number of likely N-dealkylation sites (tertiary alicyclic amines) is 1. The van der Waals surface area contributed by atoms with Gasteiger partial charge in [0.25, 0.3) is 0 Å². The Balaban J connectivity index is 1.87. The number of rotatable bonds is 1. The van der Waals surface area contributed by atoms with Gasteiger partial charge in [-0.25, -0.2) is 4.79 Å². The third kappa shape index (κ3) is 2.44. The highest BCUT2D eigenvalue weighted by Gasteiger charge is 2.27. The average Bonchev–Trinajstić information content (AvgIpc) is 2.82. The first-order valence-corrected chi connectivity index (χ1v) is 6.31. The summed E-state index contributed by atoms with van der Waals surface area (Å²) in [4.78, 5) is 16.1. The van der Waals surface area contributed by atoms with Crippen molar-refractivity contribution in [3.05, 3.63) is 0 Å². The van der Waals surface area contributed by atoms with Crippen LogP contribution in [-0.2, 0) is 0 Å². The van der Waals surface area contributed by atoms with Crippen molar-refractivity contribution in [2.45, 2.75) is 51.0 Å². The Morgan fingerprint density at radius 3 is 2.27 bits per heavy atom.